The largest absolute Gasteiger partial charge is 0.401 e. The summed E-state index contributed by atoms with van der Waals surface area (Å²) in [5.74, 6) is 0.491. The maximum absolute atomic E-state index is 12.0. The van der Waals surface area contributed by atoms with Crippen LogP contribution in [0.4, 0.5) is 13.2 Å². The Balaban J connectivity index is 2.38. The molecule has 0 bridgehead atoms. The number of halogens is 3. The van der Waals surface area contributed by atoms with Gasteiger partial charge in [0.15, 0.2) is 0 Å². The lowest BCUT2D eigenvalue weighted by atomic mass is 10.0. The summed E-state index contributed by atoms with van der Waals surface area (Å²) in [5, 5.41) is 2.53. The van der Waals surface area contributed by atoms with Gasteiger partial charge in [-0.15, -0.1) is 11.8 Å². The van der Waals surface area contributed by atoms with Crippen molar-refractivity contribution >= 4 is 11.8 Å². The fourth-order valence-electron chi connectivity index (χ4n) is 1.62. The second kappa shape index (κ2) is 7.20. The van der Waals surface area contributed by atoms with Crippen LogP contribution in [-0.2, 0) is 0 Å². The summed E-state index contributed by atoms with van der Waals surface area (Å²) in [5.41, 5.74) is 1.27. The average Bonchev–Trinajstić information content (AvgIpc) is 2.27. The highest BCUT2D eigenvalue weighted by atomic mass is 32.2. The fraction of sp³-hybridized carbons (Fsp3) is 0.571. The van der Waals surface area contributed by atoms with Crippen molar-refractivity contribution in [2.24, 2.45) is 0 Å². The molecule has 0 amide bonds. The molecule has 0 heterocycles. The van der Waals surface area contributed by atoms with Gasteiger partial charge in [0.1, 0.15) is 0 Å². The minimum atomic E-state index is -4.14. The van der Waals surface area contributed by atoms with Crippen LogP contribution in [0.25, 0.3) is 0 Å². The van der Waals surface area contributed by atoms with Crippen molar-refractivity contribution in [3.8, 4) is 0 Å². The lowest BCUT2D eigenvalue weighted by molar-refractivity contribution is -0.124. The summed E-state index contributed by atoms with van der Waals surface area (Å²) >= 11 is 1.58. The Labute approximate surface area is 117 Å². The van der Waals surface area contributed by atoms with Crippen molar-refractivity contribution in [1.29, 1.82) is 0 Å². The van der Waals surface area contributed by atoms with Crippen molar-refractivity contribution in [3.63, 3.8) is 0 Å². The van der Waals surface area contributed by atoms with E-state index in [4.69, 9.17) is 0 Å². The summed E-state index contributed by atoms with van der Waals surface area (Å²) in [7, 11) is 0. The molecule has 19 heavy (non-hydrogen) atoms. The Morgan fingerprint density at radius 3 is 2.16 bits per heavy atom. The maximum Gasteiger partial charge on any atom is 0.401 e. The van der Waals surface area contributed by atoms with E-state index >= 15 is 0 Å². The predicted octanol–water partition coefficient (Wildman–Crippen LogP) is 4.44. The van der Waals surface area contributed by atoms with Gasteiger partial charge in [0, 0.05) is 16.7 Å². The minimum Gasteiger partial charge on any atom is -0.308 e. The molecule has 0 spiro atoms. The van der Waals surface area contributed by atoms with Crippen LogP contribution >= 0.6 is 11.8 Å². The number of nitrogens with one attached hydrogen (secondary N) is 1. The first-order valence-corrected chi connectivity index (χ1v) is 7.20. The second-order valence-electron chi connectivity index (χ2n) is 4.90. The molecule has 0 saturated carbocycles. The summed E-state index contributed by atoms with van der Waals surface area (Å²) in [6.45, 7) is 5.60. The Hall–Kier alpha value is -0.680. The minimum absolute atomic E-state index is 0.104. The van der Waals surface area contributed by atoms with Gasteiger partial charge in [-0.1, -0.05) is 32.9 Å². The van der Waals surface area contributed by atoms with Crippen LogP contribution in [0.1, 0.15) is 32.3 Å². The van der Waals surface area contributed by atoms with Gasteiger partial charge in [-0.3, -0.25) is 0 Å². The molecule has 0 aliphatic carbocycles. The Bertz CT molecular complexity index is 373. The van der Waals surface area contributed by atoms with Crippen LogP contribution in [-0.4, -0.2) is 24.5 Å². The van der Waals surface area contributed by atoms with Gasteiger partial charge in [-0.25, -0.2) is 0 Å². The lowest BCUT2D eigenvalue weighted by Crippen LogP contribution is -2.32. The molecule has 1 aromatic carbocycles. The molecule has 1 rings (SSSR count). The van der Waals surface area contributed by atoms with E-state index in [-0.39, 0.29) is 5.25 Å². The molecule has 0 aliphatic rings. The number of benzene rings is 1. The first-order valence-electron chi connectivity index (χ1n) is 6.32. The zero-order valence-corrected chi connectivity index (χ0v) is 12.2. The zero-order chi connectivity index (χ0) is 14.5. The quantitative estimate of drug-likeness (QED) is 0.778. The van der Waals surface area contributed by atoms with Crippen molar-refractivity contribution in [1.82, 2.24) is 5.32 Å². The molecule has 108 valence electrons. The van der Waals surface area contributed by atoms with Crippen LogP contribution in [0.15, 0.2) is 29.2 Å². The molecule has 1 aromatic rings. The van der Waals surface area contributed by atoms with Gasteiger partial charge >= 0.3 is 6.18 Å². The molecule has 0 radical (unpaired) electrons. The molecule has 0 saturated heterocycles. The third-order valence-corrected chi connectivity index (χ3v) is 3.75. The molecule has 5 heteroatoms. The Kier molecular flexibility index (Phi) is 6.20. The normalized spacial score (nSPS) is 13.8. The summed E-state index contributed by atoms with van der Waals surface area (Å²) < 4.78 is 36.0. The summed E-state index contributed by atoms with van der Waals surface area (Å²) in [6.07, 6.45) is -4.14. The summed E-state index contributed by atoms with van der Waals surface area (Å²) in [4.78, 5) is 1.09. The first kappa shape index (κ1) is 16.4. The van der Waals surface area contributed by atoms with Gasteiger partial charge in [0.05, 0.1) is 6.54 Å². The molecule has 0 aromatic heterocycles. The SMILES string of the molecule is CC(CNCC(F)(F)F)Sc1ccc(C(C)C)cc1. The highest BCUT2D eigenvalue weighted by Gasteiger charge is 2.26. The van der Waals surface area contributed by atoms with Crippen LogP contribution < -0.4 is 5.32 Å². The van der Waals surface area contributed by atoms with Gasteiger partial charge in [-0.2, -0.15) is 13.2 Å². The highest BCUT2D eigenvalue weighted by molar-refractivity contribution is 8.00. The molecule has 1 atom stereocenters. The third-order valence-electron chi connectivity index (χ3n) is 2.64. The van der Waals surface area contributed by atoms with Crippen molar-refractivity contribution in [3.05, 3.63) is 29.8 Å². The van der Waals surface area contributed by atoms with E-state index in [1.165, 1.54) is 5.56 Å². The predicted molar refractivity (Wildman–Crippen MR) is 74.8 cm³/mol. The van der Waals surface area contributed by atoms with E-state index in [9.17, 15) is 13.2 Å². The number of alkyl halides is 3. The van der Waals surface area contributed by atoms with Gasteiger partial charge in [0.25, 0.3) is 0 Å². The average molecular weight is 291 g/mol. The molecule has 0 aliphatic heterocycles. The number of thioether (sulfide) groups is 1. The van der Waals surface area contributed by atoms with Crippen molar-refractivity contribution in [2.45, 2.75) is 43.0 Å². The van der Waals surface area contributed by atoms with E-state index in [2.05, 4.69) is 31.3 Å². The summed E-state index contributed by atoms with van der Waals surface area (Å²) in [6, 6.07) is 8.20. The topological polar surface area (TPSA) is 12.0 Å². The highest BCUT2D eigenvalue weighted by Crippen LogP contribution is 2.25. The van der Waals surface area contributed by atoms with E-state index < -0.39 is 12.7 Å². The third kappa shape index (κ3) is 6.87. The maximum atomic E-state index is 12.0. The van der Waals surface area contributed by atoms with Gasteiger partial charge in [0.2, 0.25) is 0 Å². The number of hydrogen-bond donors (Lipinski definition) is 1. The van der Waals surface area contributed by atoms with E-state index in [0.717, 1.165) is 4.90 Å². The zero-order valence-electron chi connectivity index (χ0n) is 11.4. The molecule has 1 unspecified atom stereocenters. The van der Waals surface area contributed by atoms with Crippen LogP contribution in [0.2, 0.25) is 0 Å². The monoisotopic (exact) mass is 291 g/mol. The van der Waals surface area contributed by atoms with E-state index in [1.807, 2.05) is 19.1 Å². The van der Waals surface area contributed by atoms with Crippen LogP contribution in [0.5, 0.6) is 0 Å². The number of hydrogen-bond acceptors (Lipinski definition) is 2. The first-order chi connectivity index (χ1) is 8.78. The second-order valence-corrected chi connectivity index (χ2v) is 6.41. The van der Waals surface area contributed by atoms with Crippen molar-refractivity contribution < 1.29 is 13.2 Å². The molecule has 1 N–H and O–H groups in total. The van der Waals surface area contributed by atoms with Gasteiger partial charge < -0.3 is 5.32 Å². The number of rotatable bonds is 6. The Morgan fingerprint density at radius 2 is 1.68 bits per heavy atom. The van der Waals surface area contributed by atoms with Crippen LogP contribution in [0, 0.1) is 0 Å². The molecular weight excluding hydrogens is 271 g/mol. The standard InChI is InChI=1S/C14H20F3NS/c1-10(2)12-4-6-13(7-5-12)19-11(3)8-18-9-14(15,16)17/h4-7,10-11,18H,8-9H2,1-3H3. The van der Waals surface area contributed by atoms with Gasteiger partial charge in [-0.05, 0) is 23.6 Å². The van der Waals surface area contributed by atoms with Crippen LogP contribution in [0.3, 0.4) is 0 Å². The molecule has 0 fully saturated rings. The lowest BCUT2D eigenvalue weighted by Gasteiger charge is -2.14. The van der Waals surface area contributed by atoms with E-state index in [1.54, 1.807) is 11.8 Å². The fourth-order valence-corrected chi connectivity index (χ4v) is 2.58. The Morgan fingerprint density at radius 1 is 1.11 bits per heavy atom. The van der Waals surface area contributed by atoms with E-state index in [0.29, 0.717) is 12.5 Å². The molecular formula is C14H20F3NS. The smallest absolute Gasteiger partial charge is 0.308 e. The molecule has 1 nitrogen and oxygen atoms in total. The van der Waals surface area contributed by atoms with Crippen molar-refractivity contribution in [2.75, 3.05) is 13.1 Å².